The summed E-state index contributed by atoms with van der Waals surface area (Å²) in [6.45, 7) is 4.17. The van der Waals surface area contributed by atoms with Crippen LogP contribution in [0.1, 0.15) is 30.9 Å². The predicted molar refractivity (Wildman–Crippen MR) is 104 cm³/mol. The number of rotatable bonds is 2. The second-order valence-electron chi connectivity index (χ2n) is 6.69. The topological polar surface area (TPSA) is 57.6 Å². The number of hydrogen-bond donors (Lipinski definition) is 1. The molecule has 1 fully saturated rings. The van der Waals surface area contributed by atoms with Crippen molar-refractivity contribution in [3.8, 4) is 0 Å². The van der Waals surface area contributed by atoms with Gasteiger partial charge in [-0.15, -0.1) is 0 Å². The van der Waals surface area contributed by atoms with E-state index in [1.165, 1.54) is 0 Å². The molecule has 2 aliphatic rings. The number of anilines is 1. The molecular weight excluding hydrogens is 348 g/mol. The minimum absolute atomic E-state index is 0.0779. The van der Waals surface area contributed by atoms with Gasteiger partial charge in [-0.05, 0) is 63.2 Å². The van der Waals surface area contributed by atoms with E-state index in [1.807, 2.05) is 42.2 Å². The first-order valence-electron chi connectivity index (χ1n) is 8.97. The predicted octanol–water partition coefficient (Wildman–Crippen LogP) is 3.06. The average Bonchev–Trinajstić information content (AvgIpc) is 2.77. The number of aliphatic imine (C=N–C) groups is 1. The van der Waals surface area contributed by atoms with E-state index in [-0.39, 0.29) is 5.91 Å². The Kier molecular flexibility index (Phi) is 4.51. The van der Waals surface area contributed by atoms with E-state index in [4.69, 9.17) is 16.6 Å². The zero-order chi connectivity index (χ0) is 18.1. The third-order valence-electron chi connectivity index (χ3n) is 5.17. The van der Waals surface area contributed by atoms with Crippen LogP contribution in [0.4, 0.5) is 5.69 Å². The number of likely N-dealkylation sites (N-methyl/N-ethyl adjacent to an activating group) is 1. The number of nitrogens with one attached hydrogen (secondary N) is 1. The summed E-state index contributed by atoms with van der Waals surface area (Å²) in [6.07, 6.45) is 4.89. The van der Waals surface area contributed by atoms with Crippen molar-refractivity contribution in [2.75, 3.05) is 24.5 Å². The molecule has 6 heteroatoms. The summed E-state index contributed by atoms with van der Waals surface area (Å²) >= 11 is 6.31. The highest BCUT2D eigenvalue weighted by Gasteiger charge is 2.45. The molecule has 1 aromatic heterocycles. The van der Waals surface area contributed by atoms with Gasteiger partial charge >= 0.3 is 0 Å². The second-order valence-corrected chi connectivity index (χ2v) is 7.13. The molecule has 1 N–H and O–H groups in total. The molecule has 2 aliphatic heterocycles. The standard InChI is InChI=1S/C20H21ClN4O/c1-2-25-17-4-3-15(21)13-16(17)18(14-5-9-22-10-6-14)24-20(19(25)26)7-11-23-12-8-20/h3-6,9-10,13,23H,2,7-8,11-12H2,1H3. The summed E-state index contributed by atoms with van der Waals surface area (Å²) in [4.78, 5) is 24.6. The summed E-state index contributed by atoms with van der Waals surface area (Å²) in [5, 5.41) is 3.98. The van der Waals surface area contributed by atoms with Crippen molar-refractivity contribution in [2.45, 2.75) is 25.3 Å². The van der Waals surface area contributed by atoms with E-state index < -0.39 is 5.54 Å². The first-order chi connectivity index (χ1) is 12.6. The molecule has 134 valence electrons. The summed E-state index contributed by atoms with van der Waals surface area (Å²) in [7, 11) is 0. The zero-order valence-electron chi connectivity index (χ0n) is 14.7. The molecule has 0 atom stereocenters. The molecule has 4 rings (SSSR count). The van der Waals surface area contributed by atoms with Crippen LogP contribution in [0.3, 0.4) is 0 Å². The van der Waals surface area contributed by atoms with Gasteiger partial charge in [0.15, 0.2) is 0 Å². The van der Waals surface area contributed by atoms with E-state index in [9.17, 15) is 4.79 Å². The van der Waals surface area contributed by atoms with Crippen LogP contribution in [0.15, 0.2) is 47.7 Å². The number of nitrogens with zero attached hydrogens (tertiary/aromatic N) is 3. The van der Waals surface area contributed by atoms with Crippen LogP contribution in [0.25, 0.3) is 0 Å². The van der Waals surface area contributed by atoms with Crippen LogP contribution in [-0.4, -0.2) is 41.8 Å². The fourth-order valence-corrected chi connectivity index (χ4v) is 4.00. The minimum Gasteiger partial charge on any atom is -0.317 e. The van der Waals surface area contributed by atoms with E-state index in [1.54, 1.807) is 12.4 Å². The number of halogens is 1. The fraction of sp³-hybridized carbons (Fsp3) is 0.350. The average molecular weight is 369 g/mol. The molecule has 0 bridgehead atoms. The highest BCUT2D eigenvalue weighted by atomic mass is 35.5. The Morgan fingerprint density at radius 2 is 1.92 bits per heavy atom. The number of hydrogen-bond acceptors (Lipinski definition) is 4. The maximum atomic E-state index is 13.5. The molecule has 2 aromatic rings. The van der Waals surface area contributed by atoms with Crippen molar-refractivity contribution >= 4 is 28.9 Å². The van der Waals surface area contributed by atoms with Crippen molar-refractivity contribution in [3.05, 3.63) is 58.9 Å². The van der Waals surface area contributed by atoms with Crippen molar-refractivity contribution < 1.29 is 4.79 Å². The maximum Gasteiger partial charge on any atom is 0.255 e. The first kappa shape index (κ1) is 17.2. The van der Waals surface area contributed by atoms with Gasteiger partial charge in [0, 0.05) is 35.1 Å². The third-order valence-corrected chi connectivity index (χ3v) is 5.41. The monoisotopic (exact) mass is 368 g/mol. The number of carbonyl (C=O) groups excluding carboxylic acids is 1. The number of piperidine rings is 1. The van der Waals surface area contributed by atoms with Gasteiger partial charge in [-0.2, -0.15) is 0 Å². The Hall–Kier alpha value is -2.24. The molecule has 1 saturated heterocycles. The van der Waals surface area contributed by atoms with Crippen LogP contribution >= 0.6 is 11.6 Å². The van der Waals surface area contributed by atoms with Gasteiger partial charge < -0.3 is 10.2 Å². The van der Waals surface area contributed by atoms with E-state index in [0.717, 1.165) is 35.6 Å². The SMILES string of the molecule is CCN1C(=O)C2(CCNCC2)N=C(c2ccncc2)c2cc(Cl)ccc21. The molecule has 0 saturated carbocycles. The van der Waals surface area contributed by atoms with Crippen molar-refractivity contribution in [2.24, 2.45) is 4.99 Å². The number of fused-ring (bicyclic) bond motifs is 1. The Bertz CT molecular complexity index is 859. The van der Waals surface area contributed by atoms with Gasteiger partial charge in [-0.1, -0.05) is 11.6 Å². The number of aromatic nitrogens is 1. The third kappa shape index (κ3) is 2.81. The maximum absolute atomic E-state index is 13.5. The number of amides is 1. The van der Waals surface area contributed by atoms with Crippen molar-refractivity contribution in [1.82, 2.24) is 10.3 Å². The number of carbonyl (C=O) groups is 1. The molecule has 5 nitrogen and oxygen atoms in total. The van der Waals surface area contributed by atoms with Crippen LogP contribution < -0.4 is 10.2 Å². The van der Waals surface area contributed by atoms with Gasteiger partial charge in [0.1, 0.15) is 5.54 Å². The number of pyridine rings is 1. The van der Waals surface area contributed by atoms with Gasteiger partial charge in [0.05, 0.1) is 11.4 Å². The van der Waals surface area contributed by atoms with Crippen LogP contribution in [-0.2, 0) is 4.79 Å². The second kappa shape index (κ2) is 6.82. The Morgan fingerprint density at radius 3 is 2.62 bits per heavy atom. The molecule has 3 heterocycles. The normalized spacial score (nSPS) is 19.1. The van der Waals surface area contributed by atoms with Crippen molar-refractivity contribution in [1.29, 1.82) is 0 Å². The summed E-state index contributed by atoms with van der Waals surface area (Å²) < 4.78 is 0. The largest absolute Gasteiger partial charge is 0.317 e. The Balaban J connectivity index is 1.99. The highest BCUT2D eigenvalue weighted by molar-refractivity contribution is 6.32. The summed E-state index contributed by atoms with van der Waals surface area (Å²) in [5.74, 6) is 0.0779. The first-order valence-corrected chi connectivity index (χ1v) is 9.35. The van der Waals surface area contributed by atoms with Gasteiger partial charge in [0.2, 0.25) is 0 Å². The smallest absolute Gasteiger partial charge is 0.255 e. The highest BCUT2D eigenvalue weighted by Crippen LogP contribution is 2.37. The fourth-order valence-electron chi connectivity index (χ4n) is 3.83. The van der Waals surface area contributed by atoms with Crippen molar-refractivity contribution in [3.63, 3.8) is 0 Å². The van der Waals surface area contributed by atoms with E-state index in [2.05, 4.69) is 10.3 Å². The lowest BCUT2D eigenvalue weighted by Crippen LogP contribution is -2.53. The molecule has 0 unspecified atom stereocenters. The summed E-state index contributed by atoms with van der Waals surface area (Å²) in [5.41, 5.74) is 2.80. The van der Waals surface area contributed by atoms with Gasteiger partial charge in [0.25, 0.3) is 5.91 Å². The molecule has 0 radical (unpaired) electrons. The van der Waals surface area contributed by atoms with E-state index >= 15 is 0 Å². The quantitative estimate of drug-likeness (QED) is 0.886. The minimum atomic E-state index is -0.731. The van der Waals surface area contributed by atoms with Crippen LogP contribution in [0, 0.1) is 0 Å². The number of benzene rings is 1. The molecule has 1 aromatic carbocycles. The molecule has 1 spiro atoms. The lowest BCUT2D eigenvalue weighted by atomic mass is 9.87. The lowest BCUT2D eigenvalue weighted by molar-refractivity contribution is -0.124. The molecular formula is C20H21ClN4O. The molecule has 26 heavy (non-hydrogen) atoms. The molecule has 0 aliphatic carbocycles. The lowest BCUT2D eigenvalue weighted by Gasteiger charge is -2.35. The summed E-state index contributed by atoms with van der Waals surface area (Å²) in [6, 6.07) is 9.54. The Morgan fingerprint density at radius 1 is 1.19 bits per heavy atom. The van der Waals surface area contributed by atoms with Gasteiger partial charge in [-0.25, -0.2) is 0 Å². The zero-order valence-corrected chi connectivity index (χ0v) is 15.5. The van der Waals surface area contributed by atoms with Gasteiger partial charge in [-0.3, -0.25) is 14.8 Å². The molecule has 1 amide bonds. The Labute approximate surface area is 158 Å². The van der Waals surface area contributed by atoms with Crippen LogP contribution in [0.5, 0.6) is 0 Å². The van der Waals surface area contributed by atoms with E-state index in [0.29, 0.717) is 24.4 Å². The van der Waals surface area contributed by atoms with Crippen LogP contribution in [0.2, 0.25) is 5.02 Å².